The first-order valence-electron chi connectivity index (χ1n) is 4.09. The number of halogens is 2. The molecule has 3 heteroatoms. The van der Waals surface area contributed by atoms with E-state index in [9.17, 15) is 4.79 Å². The van der Waals surface area contributed by atoms with Gasteiger partial charge in [-0.3, -0.25) is 4.79 Å². The fourth-order valence-electron chi connectivity index (χ4n) is 1.03. The second-order valence-corrected chi connectivity index (χ2v) is 3.96. The van der Waals surface area contributed by atoms with Crippen LogP contribution in [0.3, 0.4) is 0 Å². The monoisotopic (exact) mass is 260 g/mol. The molecule has 0 aliphatic heterocycles. The molecule has 13 heavy (non-hydrogen) atoms. The fourth-order valence-corrected chi connectivity index (χ4v) is 1.50. The van der Waals surface area contributed by atoms with Crippen molar-refractivity contribution in [2.45, 2.75) is 12.8 Å². The van der Waals surface area contributed by atoms with Gasteiger partial charge in [-0.2, -0.15) is 0 Å². The van der Waals surface area contributed by atoms with Crippen LogP contribution in [0.15, 0.2) is 24.3 Å². The zero-order valence-electron chi connectivity index (χ0n) is 7.09. The van der Waals surface area contributed by atoms with Gasteiger partial charge in [0.15, 0.2) is 5.78 Å². The summed E-state index contributed by atoms with van der Waals surface area (Å²) in [7, 11) is 0. The lowest BCUT2D eigenvalue weighted by Gasteiger charge is -1.99. The summed E-state index contributed by atoms with van der Waals surface area (Å²) in [4.78, 5) is 11.5. The van der Waals surface area contributed by atoms with Gasteiger partial charge in [0, 0.05) is 22.3 Å². The summed E-state index contributed by atoms with van der Waals surface area (Å²) in [5, 5.41) is 1.48. The van der Waals surface area contributed by atoms with Crippen LogP contribution in [-0.2, 0) is 0 Å². The van der Waals surface area contributed by atoms with Crippen LogP contribution in [0.1, 0.15) is 23.2 Å². The third-order valence-electron chi connectivity index (χ3n) is 1.68. The molecule has 0 saturated carbocycles. The maximum absolute atomic E-state index is 11.5. The summed E-state index contributed by atoms with van der Waals surface area (Å²) in [5.74, 6) is 0.155. The standard InChI is InChI=1S/C10H10BrClO/c11-6-2-5-10(13)8-3-1-4-9(12)7-8/h1,3-4,7H,2,5-6H2. The van der Waals surface area contributed by atoms with E-state index in [1.807, 2.05) is 0 Å². The van der Waals surface area contributed by atoms with Gasteiger partial charge >= 0.3 is 0 Å². The molecule has 0 bridgehead atoms. The zero-order valence-corrected chi connectivity index (χ0v) is 9.44. The van der Waals surface area contributed by atoms with E-state index in [1.54, 1.807) is 24.3 Å². The summed E-state index contributed by atoms with van der Waals surface area (Å²) in [5.41, 5.74) is 0.702. The Labute approximate surface area is 91.2 Å². The number of rotatable bonds is 4. The molecule has 1 nitrogen and oxygen atoms in total. The van der Waals surface area contributed by atoms with Crippen LogP contribution in [0.25, 0.3) is 0 Å². The largest absolute Gasteiger partial charge is 0.294 e. The Kier molecular flexibility index (Phi) is 4.46. The van der Waals surface area contributed by atoms with Gasteiger partial charge in [0.05, 0.1) is 0 Å². The third-order valence-corrected chi connectivity index (χ3v) is 2.48. The topological polar surface area (TPSA) is 17.1 Å². The average molecular weight is 262 g/mol. The second-order valence-electron chi connectivity index (χ2n) is 2.73. The highest BCUT2D eigenvalue weighted by Gasteiger charge is 2.04. The number of hydrogen-bond donors (Lipinski definition) is 0. The van der Waals surface area contributed by atoms with Crippen molar-refractivity contribution in [3.05, 3.63) is 34.9 Å². The molecule has 0 fully saturated rings. The molecule has 0 aliphatic carbocycles. The third kappa shape index (κ3) is 3.49. The molecule has 0 aromatic heterocycles. The molecule has 0 heterocycles. The zero-order chi connectivity index (χ0) is 9.68. The first-order valence-corrected chi connectivity index (χ1v) is 5.58. The minimum absolute atomic E-state index is 0.155. The molecular formula is C10H10BrClO. The van der Waals surface area contributed by atoms with Gasteiger partial charge < -0.3 is 0 Å². The SMILES string of the molecule is O=C(CCCBr)c1cccc(Cl)c1. The van der Waals surface area contributed by atoms with Crippen molar-refractivity contribution in [2.24, 2.45) is 0 Å². The molecule has 0 unspecified atom stereocenters. The lowest BCUT2D eigenvalue weighted by molar-refractivity contribution is 0.0982. The Hall–Kier alpha value is -0.340. The van der Waals surface area contributed by atoms with Crippen molar-refractivity contribution in [3.63, 3.8) is 0 Å². The van der Waals surface area contributed by atoms with Crippen molar-refractivity contribution in [1.82, 2.24) is 0 Å². The second kappa shape index (κ2) is 5.40. The van der Waals surface area contributed by atoms with Crippen LogP contribution in [0.5, 0.6) is 0 Å². The Balaban J connectivity index is 2.66. The number of alkyl halides is 1. The first-order chi connectivity index (χ1) is 6.24. The van der Waals surface area contributed by atoms with Crippen molar-refractivity contribution < 1.29 is 4.79 Å². The Morgan fingerprint density at radius 2 is 2.23 bits per heavy atom. The highest BCUT2D eigenvalue weighted by Crippen LogP contribution is 2.13. The van der Waals surface area contributed by atoms with Gasteiger partial charge in [-0.25, -0.2) is 0 Å². The lowest BCUT2D eigenvalue weighted by Crippen LogP contribution is -1.98. The number of carbonyl (C=O) groups excluding carboxylic acids is 1. The Morgan fingerprint density at radius 3 is 2.85 bits per heavy atom. The van der Waals surface area contributed by atoms with Gasteiger partial charge in [-0.1, -0.05) is 39.7 Å². The number of carbonyl (C=O) groups is 1. The van der Waals surface area contributed by atoms with E-state index in [1.165, 1.54) is 0 Å². The van der Waals surface area contributed by atoms with Crippen molar-refractivity contribution >= 4 is 33.3 Å². The van der Waals surface area contributed by atoms with E-state index < -0.39 is 0 Å². The van der Waals surface area contributed by atoms with Crippen molar-refractivity contribution in [2.75, 3.05) is 5.33 Å². The van der Waals surface area contributed by atoms with E-state index in [0.717, 1.165) is 11.8 Å². The van der Waals surface area contributed by atoms with Crippen LogP contribution in [0, 0.1) is 0 Å². The van der Waals surface area contributed by atoms with Gasteiger partial charge in [0.25, 0.3) is 0 Å². The predicted molar refractivity (Wildman–Crippen MR) is 58.8 cm³/mol. The normalized spacial score (nSPS) is 10.0. The van der Waals surface area contributed by atoms with Gasteiger partial charge in [0.1, 0.15) is 0 Å². The minimum Gasteiger partial charge on any atom is -0.294 e. The molecule has 1 aromatic carbocycles. The molecule has 0 N–H and O–H groups in total. The summed E-state index contributed by atoms with van der Waals surface area (Å²) < 4.78 is 0. The maximum atomic E-state index is 11.5. The highest BCUT2D eigenvalue weighted by atomic mass is 79.9. The smallest absolute Gasteiger partial charge is 0.162 e. The molecule has 1 rings (SSSR count). The van der Waals surface area contributed by atoms with Crippen LogP contribution in [0.2, 0.25) is 5.02 Å². The maximum Gasteiger partial charge on any atom is 0.162 e. The fraction of sp³-hybridized carbons (Fsp3) is 0.300. The minimum atomic E-state index is 0.155. The van der Waals surface area contributed by atoms with E-state index in [2.05, 4.69) is 15.9 Å². The average Bonchev–Trinajstić information content (AvgIpc) is 2.14. The number of ketones is 1. The molecule has 0 amide bonds. The number of benzene rings is 1. The molecule has 70 valence electrons. The molecule has 1 aromatic rings. The van der Waals surface area contributed by atoms with Crippen LogP contribution >= 0.6 is 27.5 Å². The molecule has 0 aliphatic rings. The molecule has 0 spiro atoms. The highest BCUT2D eigenvalue weighted by molar-refractivity contribution is 9.09. The lowest BCUT2D eigenvalue weighted by atomic mass is 10.1. The predicted octanol–water partition coefficient (Wildman–Crippen LogP) is 3.70. The summed E-state index contributed by atoms with van der Waals surface area (Å²) in [6.45, 7) is 0. The van der Waals surface area contributed by atoms with Crippen LogP contribution in [0.4, 0.5) is 0 Å². The summed E-state index contributed by atoms with van der Waals surface area (Å²) in [6, 6.07) is 7.06. The summed E-state index contributed by atoms with van der Waals surface area (Å²) in [6.07, 6.45) is 1.44. The quantitative estimate of drug-likeness (QED) is 0.597. The molecule has 0 saturated heterocycles. The van der Waals surface area contributed by atoms with Crippen LogP contribution in [-0.4, -0.2) is 11.1 Å². The van der Waals surface area contributed by atoms with Crippen molar-refractivity contribution in [3.8, 4) is 0 Å². The summed E-state index contributed by atoms with van der Waals surface area (Å²) >= 11 is 9.05. The number of hydrogen-bond acceptors (Lipinski definition) is 1. The molecular weight excluding hydrogens is 251 g/mol. The van der Waals surface area contributed by atoms with Gasteiger partial charge in [-0.05, 0) is 18.6 Å². The van der Waals surface area contributed by atoms with E-state index in [4.69, 9.17) is 11.6 Å². The molecule has 0 radical (unpaired) electrons. The van der Waals surface area contributed by atoms with E-state index >= 15 is 0 Å². The van der Waals surface area contributed by atoms with E-state index in [0.29, 0.717) is 17.0 Å². The van der Waals surface area contributed by atoms with Gasteiger partial charge in [0.2, 0.25) is 0 Å². The Bertz CT molecular complexity index is 299. The van der Waals surface area contributed by atoms with Gasteiger partial charge in [-0.15, -0.1) is 0 Å². The number of Topliss-reactive ketones (excluding diaryl/α,β-unsaturated/α-hetero) is 1. The van der Waals surface area contributed by atoms with E-state index in [-0.39, 0.29) is 5.78 Å². The first kappa shape index (κ1) is 10.7. The molecule has 0 atom stereocenters. The Morgan fingerprint density at radius 1 is 1.46 bits per heavy atom. The van der Waals surface area contributed by atoms with Crippen molar-refractivity contribution in [1.29, 1.82) is 0 Å². The van der Waals surface area contributed by atoms with Crippen LogP contribution < -0.4 is 0 Å².